The molecule has 0 bridgehead atoms. The molecule has 0 spiro atoms. The Labute approximate surface area is 251 Å². The fourth-order valence-electron chi connectivity index (χ4n) is 5.68. The van der Waals surface area contributed by atoms with Gasteiger partial charge in [-0.3, -0.25) is 14.7 Å². The fourth-order valence-corrected chi connectivity index (χ4v) is 6.42. The number of benzene rings is 5. The summed E-state index contributed by atoms with van der Waals surface area (Å²) in [5, 5.41) is 3.83. The number of nitrogens with zero attached hydrogens (tertiary/aromatic N) is 2. The van der Waals surface area contributed by atoms with E-state index in [2.05, 4.69) is 4.98 Å². The number of carbonyl (C=O) groups excluding carboxylic acids is 2. The average molecular weight is 607 g/mol. The van der Waals surface area contributed by atoms with Crippen molar-refractivity contribution in [3.63, 3.8) is 0 Å². The van der Waals surface area contributed by atoms with E-state index in [9.17, 15) is 22.4 Å². The summed E-state index contributed by atoms with van der Waals surface area (Å²) in [6, 6.07) is 31.3. The number of ether oxygens (including phenoxy) is 1. The van der Waals surface area contributed by atoms with E-state index >= 15 is 0 Å². The molecule has 0 N–H and O–H groups in total. The van der Waals surface area contributed by atoms with E-state index in [0.717, 1.165) is 44.6 Å². The van der Waals surface area contributed by atoms with Crippen LogP contribution in [0, 0.1) is 5.82 Å². The van der Waals surface area contributed by atoms with E-state index < -0.39 is 39.3 Å². The average Bonchev–Trinajstić information content (AvgIpc) is 3.05. The maximum absolute atomic E-state index is 13.9. The summed E-state index contributed by atoms with van der Waals surface area (Å²) in [6.07, 6.45) is -0.661. The highest BCUT2D eigenvalue weighted by molar-refractivity contribution is 8.01. The molecule has 1 aromatic heterocycles. The first kappa shape index (κ1) is 27.6. The van der Waals surface area contributed by atoms with Gasteiger partial charge in [0.05, 0.1) is 17.6 Å². The fraction of sp³-hybridized carbons (Fsp3) is 0.0882. The highest BCUT2D eigenvalue weighted by atomic mass is 32.2. The van der Waals surface area contributed by atoms with Gasteiger partial charge in [-0.05, 0) is 50.7 Å². The summed E-state index contributed by atoms with van der Waals surface area (Å²) in [5.41, 5.74) is 1.26. The van der Waals surface area contributed by atoms with Crippen molar-refractivity contribution in [3.05, 3.63) is 132 Å². The molecule has 44 heavy (non-hydrogen) atoms. The van der Waals surface area contributed by atoms with Crippen molar-refractivity contribution in [3.8, 4) is 0 Å². The van der Waals surface area contributed by atoms with Crippen LogP contribution in [0.4, 0.5) is 14.9 Å². The molecule has 1 aliphatic heterocycles. The van der Waals surface area contributed by atoms with Gasteiger partial charge in [0, 0.05) is 5.39 Å². The van der Waals surface area contributed by atoms with Crippen LogP contribution in [0.25, 0.3) is 32.3 Å². The van der Waals surface area contributed by atoms with Crippen LogP contribution < -0.4 is 4.90 Å². The molecule has 8 nitrogen and oxygen atoms in total. The number of aromatic nitrogens is 1. The maximum Gasteiger partial charge on any atom is 0.452 e. The summed E-state index contributed by atoms with van der Waals surface area (Å²) >= 11 is 0. The molecule has 1 fully saturated rings. The number of hydrogen-bond acceptors (Lipinski definition) is 7. The number of carbonyl (C=O) groups is 2. The van der Waals surface area contributed by atoms with Crippen molar-refractivity contribution in [2.75, 3.05) is 4.90 Å². The number of fused-ring (bicyclic) bond motifs is 5. The zero-order valence-electron chi connectivity index (χ0n) is 23.0. The largest absolute Gasteiger partial charge is 0.452 e. The Bertz CT molecular complexity index is 2190. The first-order chi connectivity index (χ1) is 21.3. The van der Waals surface area contributed by atoms with E-state index in [4.69, 9.17) is 8.92 Å². The molecular formula is C34H23FN2O6S. The number of rotatable bonds is 6. The van der Waals surface area contributed by atoms with Crippen molar-refractivity contribution < 1.29 is 31.3 Å². The van der Waals surface area contributed by atoms with Crippen LogP contribution in [0.1, 0.15) is 17.3 Å². The second kappa shape index (κ2) is 10.8. The Kier molecular flexibility index (Phi) is 6.80. The normalized spacial score (nSPS) is 16.8. The van der Waals surface area contributed by atoms with Gasteiger partial charge >= 0.3 is 15.4 Å². The van der Waals surface area contributed by atoms with Gasteiger partial charge in [-0.15, -0.1) is 0 Å². The molecule has 1 aliphatic rings. The predicted molar refractivity (Wildman–Crippen MR) is 164 cm³/mol. The molecule has 0 unspecified atom stereocenters. The topological polar surface area (TPSA) is 103 Å². The first-order valence-corrected chi connectivity index (χ1v) is 15.1. The number of halogens is 1. The molecule has 0 aliphatic carbocycles. The Morgan fingerprint density at radius 2 is 1.48 bits per heavy atom. The zero-order chi connectivity index (χ0) is 30.4. The minimum atomic E-state index is -4.99. The molecule has 7 rings (SSSR count). The predicted octanol–water partition coefficient (Wildman–Crippen LogP) is 6.82. The van der Waals surface area contributed by atoms with Gasteiger partial charge in [0.15, 0.2) is 6.10 Å². The molecular weight excluding hydrogens is 583 g/mol. The van der Waals surface area contributed by atoms with Crippen molar-refractivity contribution in [2.24, 2.45) is 0 Å². The molecule has 1 amide bonds. The van der Waals surface area contributed by atoms with Crippen LogP contribution in [0.3, 0.4) is 0 Å². The summed E-state index contributed by atoms with van der Waals surface area (Å²) in [4.78, 5) is 31.9. The molecule has 5 aromatic carbocycles. The quantitative estimate of drug-likeness (QED) is 0.0887. The Morgan fingerprint density at radius 1 is 0.795 bits per heavy atom. The number of amides is 1. The molecule has 2 heterocycles. The number of anilines is 1. The minimum absolute atomic E-state index is 0.186. The molecule has 218 valence electrons. The van der Waals surface area contributed by atoms with Crippen LogP contribution in [0.15, 0.2) is 115 Å². The van der Waals surface area contributed by atoms with Crippen LogP contribution in [-0.2, 0) is 30.4 Å². The Morgan fingerprint density at radius 3 is 2.23 bits per heavy atom. The SMILES string of the molecule is O=C1[C@H](OS(=O)(=O)C(=O)OCc2ccccc2)[C@@H](c2ccc(F)cn2)N1c1cc2c3ccccc3ccc2c2ccccc12. The van der Waals surface area contributed by atoms with E-state index in [1.807, 2.05) is 66.7 Å². The molecule has 0 radical (unpaired) electrons. The van der Waals surface area contributed by atoms with Gasteiger partial charge in [-0.2, -0.15) is 8.42 Å². The standard InChI is InChI=1S/C34H23FN2O6S/c35-23-15-17-29(36-19-23)31-32(43-44(40,41)34(39)42-20-21-8-2-1-3-9-21)33(38)37(31)30-18-28-24-11-5-4-10-22(24)14-16-26(28)25-12-6-7-13-27(25)30/h1-19,31-32H,20H2/t31-,32-/m1/s1. The second-order valence-electron chi connectivity index (χ2n) is 10.4. The number of β-lactam (4-membered cyclic amide) rings is 1. The van der Waals surface area contributed by atoms with Crippen LogP contribution in [0.2, 0.25) is 0 Å². The smallest absolute Gasteiger partial charge is 0.448 e. The van der Waals surface area contributed by atoms with Gasteiger partial charge in [-0.25, -0.2) is 13.4 Å². The van der Waals surface area contributed by atoms with Crippen molar-refractivity contribution >= 4 is 59.3 Å². The molecule has 6 aromatic rings. The zero-order valence-corrected chi connectivity index (χ0v) is 23.8. The van der Waals surface area contributed by atoms with Gasteiger partial charge in [0.25, 0.3) is 5.91 Å². The van der Waals surface area contributed by atoms with E-state index in [-0.39, 0.29) is 12.3 Å². The van der Waals surface area contributed by atoms with E-state index in [0.29, 0.717) is 11.3 Å². The third kappa shape index (κ3) is 4.74. The van der Waals surface area contributed by atoms with Crippen molar-refractivity contribution in [1.82, 2.24) is 4.98 Å². The third-order valence-electron chi connectivity index (χ3n) is 7.74. The lowest BCUT2D eigenvalue weighted by Crippen LogP contribution is -2.61. The van der Waals surface area contributed by atoms with Gasteiger partial charge in [-0.1, -0.05) is 91.0 Å². The van der Waals surface area contributed by atoms with Gasteiger partial charge in [0.1, 0.15) is 18.5 Å². The van der Waals surface area contributed by atoms with Gasteiger partial charge in [0.2, 0.25) is 0 Å². The summed E-state index contributed by atoms with van der Waals surface area (Å²) in [7, 11) is -4.99. The third-order valence-corrected chi connectivity index (χ3v) is 8.72. The van der Waals surface area contributed by atoms with Crippen LogP contribution >= 0.6 is 0 Å². The summed E-state index contributed by atoms with van der Waals surface area (Å²) in [5.74, 6) is -1.31. The van der Waals surface area contributed by atoms with Crippen LogP contribution in [-0.4, -0.2) is 30.7 Å². The van der Waals surface area contributed by atoms with Crippen LogP contribution in [0.5, 0.6) is 0 Å². The summed E-state index contributed by atoms with van der Waals surface area (Å²) in [6.45, 7) is -0.299. The minimum Gasteiger partial charge on any atom is -0.448 e. The highest BCUT2D eigenvalue weighted by Crippen LogP contribution is 2.46. The lowest BCUT2D eigenvalue weighted by atomic mass is 9.90. The Balaban J connectivity index is 1.30. The van der Waals surface area contributed by atoms with Crippen molar-refractivity contribution in [2.45, 2.75) is 18.8 Å². The van der Waals surface area contributed by atoms with Crippen molar-refractivity contribution in [1.29, 1.82) is 0 Å². The summed E-state index contributed by atoms with van der Waals surface area (Å²) < 4.78 is 50.0. The van der Waals surface area contributed by atoms with E-state index in [1.165, 1.54) is 11.0 Å². The lowest BCUT2D eigenvalue weighted by Gasteiger charge is -2.45. The number of pyridine rings is 1. The molecule has 10 heteroatoms. The second-order valence-corrected chi connectivity index (χ2v) is 11.8. The maximum atomic E-state index is 13.9. The van der Waals surface area contributed by atoms with Gasteiger partial charge < -0.3 is 4.74 Å². The molecule has 2 atom stereocenters. The van der Waals surface area contributed by atoms with E-state index in [1.54, 1.807) is 30.3 Å². The molecule has 0 saturated carbocycles. The first-order valence-electron chi connectivity index (χ1n) is 13.7. The highest BCUT2D eigenvalue weighted by Gasteiger charge is 2.54. The molecule has 1 saturated heterocycles. The number of hydrogen-bond donors (Lipinski definition) is 0. The Hall–Kier alpha value is -5.19. The lowest BCUT2D eigenvalue weighted by molar-refractivity contribution is -0.134. The monoisotopic (exact) mass is 606 g/mol.